The molecule has 3 nitrogen and oxygen atoms in total. The van der Waals surface area contributed by atoms with Crippen molar-refractivity contribution in [2.45, 2.75) is 24.9 Å². The lowest BCUT2D eigenvalue weighted by molar-refractivity contribution is 0.236. The van der Waals surface area contributed by atoms with Crippen molar-refractivity contribution < 1.29 is 5.11 Å². The molecule has 2 heterocycles. The van der Waals surface area contributed by atoms with Gasteiger partial charge >= 0.3 is 0 Å². The summed E-state index contributed by atoms with van der Waals surface area (Å²) in [6.45, 7) is 2.02. The van der Waals surface area contributed by atoms with E-state index >= 15 is 0 Å². The molecule has 4 heteroatoms. The molecule has 1 aliphatic heterocycles. The molecular formula is C11H13BrN2O. The van der Waals surface area contributed by atoms with Crippen LogP contribution < -0.4 is 5.32 Å². The van der Waals surface area contributed by atoms with Gasteiger partial charge in [0.05, 0.1) is 11.4 Å². The second-order valence-corrected chi connectivity index (χ2v) is 4.09. The third-order valence-corrected chi connectivity index (χ3v) is 3.15. The Hall–Kier alpha value is -0.870. The van der Waals surface area contributed by atoms with Crippen LogP contribution in [0.1, 0.15) is 24.6 Å². The molecule has 2 N–H and O–H groups in total. The summed E-state index contributed by atoms with van der Waals surface area (Å²) < 4.78 is 0. The highest BCUT2D eigenvalue weighted by molar-refractivity contribution is 9.08. The minimum Gasteiger partial charge on any atom is -0.370 e. The minimum atomic E-state index is -0.574. The third-order valence-electron chi connectivity index (χ3n) is 2.50. The van der Waals surface area contributed by atoms with E-state index in [9.17, 15) is 5.11 Å². The molecule has 1 atom stereocenters. The highest BCUT2D eigenvalue weighted by Gasteiger charge is 2.17. The van der Waals surface area contributed by atoms with Crippen LogP contribution in [-0.4, -0.2) is 16.3 Å². The van der Waals surface area contributed by atoms with E-state index in [-0.39, 0.29) is 0 Å². The molecule has 2 rings (SSSR count). The number of anilines is 1. The maximum Gasteiger partial charge on any atom is 0.147 e. The van der Waals surface area contributed by atoms with Crippen LogP contribution in [0.3, 0.4) is 0 Å². The summed E-state index contributed by atoms with van der Waals surface area (Å²) in [4.78, 5) is 4.34. The van der Waals surface area contributed by atoms with Crippen molar-refractivity contribution in [2.75, 3.05) is 5.32 Å². The number of aromatic nitrogens is 1. The van der Waals surface area contributed by atoms with Crippen molar-refractivity contribution in [3.8, 4) is 0 Å². The van der Waals surface area contributed by atoms with Crippen molar-refractivity contribution in [3.05, 3.63) is 29.1 Å². The zero-order chi connectivity index (χ0) is 10.8. The lowest BCUT2D eigenvalue weighted by atomic mass is 10.0. The second kappa shape index (κ2) is 4.33. The molecule has 1 unspecified atom stereocenters. The summed E-state index contributed by atoms with van der Waals surface area (Å²) in [5.41, 5.74) is 3.88. The van der Waals surface area contributed by atoms with Gasteiger partial charge in [0.1, 0.15) is 6.23 Å². The van der Waals surface area contributed by atoms with Gasteiger partial charge < -0.3 is 10.4 Å². The molecule has 1 aliphatic rings. The van der Waals surface area contributed by atoms with Gasteiger partial charge in [-0.15, -0.1) is 0 Å². The Bertz CT molecular complexity index is 404. The average molecular weight is 269 g/mol. The van der Waals surface area contributed by atoms with Crippen molar-refractivity contribution in [1.29, 1.82) is 0 Å². The van der Waals surface area contributed by atoms with Gasteiger partial charge in [0.15, 0.2) is 0 Å². The van der Waals surface area contributed by atoms with E-state index in [4.69, 9.17) is 0 Å². The van der Waals surface area contributed by atoms with E-state index in [0.29, 0.717) is 0 Å². The average Bonchev–Trinajstić information content (AvgIpc) is 2.27. The van der Waals surface area contributed by atoms with Gasteiger partial charge in [-0.05, 0) is 29.7 Å². The predicted octanol–water partition coefficient (Wildman–Crippen LogP) is 2.51. The van der Waals surface area contributed by atoms with E-state index in [1.54, 1.807) is 0 Å². The number of nitrogens with one attached hydrogen (secondary N) is 1. The first-order valence-corrected chi connectivity index (χ1v) is 6.06. The van der Waals surface area contributed by atoms with Gasteiger partial charge in [-0.2, -0.15) is 0 Å². The van der Waals surface area contributed by atoms with Gasteiger partial charge in [-0.3, -0.25) is 4.98 Å². The first-order valence-electron chi connectivity index (χ1n) is 4.94. The number of aliphatic hydroxyl groups excluding tert-OH is 1. The molecular weight excluding hydrogens is 256 g/mol. The van der Waals surface area contributed by atoms with Crippen LogP contribution in [-0.2, 0) is 5.33 Å². The zero-order valence-electron chi connectivity index (χ0n) is 8.50. The Labute approximate surface area is 97.4 Å². The number of aliphatic hydroxyl groups is 1. The Kier molecular flexibility index (Phi) is 3.07. The van der Waals surface area contributed by atoms with Crippen LogP contribution in [0.15, 0.2) is 17.8 Å². The minimum absolute atomic E-state index is 0.574. The maximum atomic E-state index is 9.76. The molecule has 0 saturated carbocycles. The van der Waals surface area contributed by atoms with Crippen LogP contribution in [0.2, 0.25) is 0 Å². The molecule has 15 heavy (non-hydrogen) atoms. The highest BCUT2D eigenvalue weighted by atomic mass is 79.9. The monoisotopic (exact) mass is 268 g/mol. The SMILES string of the molecule is CCC1=Cc2ncc(CBr)cc2NC1O. The quantitative estimate of drug-likeness (QED) is 0.811. The number of hydrogen-bond acceptors (Lipinski definition) is 3. The number of fused-ring (bicyclic) bond motifs is 1. The number of rotatable bonds is 2. The molecule has 0 radical (unpaired) electrons. The van der Waals surface area contributed by atoms with Gasteiger partial charge in [-0.25, -0.2) is 0 Å². The van der Waals surface area contributed by atoms with Crippen molar-refractivity contribution >= 4 is 27.7 Å². The summed E-state index contributed by atoms with van der Waals surface area (Å²) in [6, 6.07) is 2.00. The summed E-state index contributed by atoms with van der Waals surface area (Å²) in [7, 11) is 0. The van der Waals surface area contributed by atoms with Crippen LogP contribution in [0.4, 0.5) is 5.69 Å². The van der Waals surface area contributed by atoms with Gasteiger partial charge in [-0.1, -0.05) is 22.9 Å². The maximum absolute atomic E-state index is 9.76. The zero-order valence-corrected chi connectivity index (χ0v) is 10.1. The van der Waals surface area contributed by atoms with E-state index < -0.39 is 6.23 Å². The Balaban J connectivity index is 2.41. The number of halogens is 1. The fourth-order valence-corrected chi connectivity index (χ4v) is 1.92. The lowest BCUT2D eigenvalue weighted by Gasteiger charge is -2.23. The number of nitrogens with zero attached hydrogens (tertiary/aromatic N) is 1. The van der Waals surface area contributed by atoms with E-state index in [0.717, 1.165) is 34.3 Å². The number of alkyl halides is 1. The topological polar surface area (TPSA) is 45.2 Å². The molecule has 1 aromatic heterocycles. The molecule has 0 bridgehead atoms. The molecule has 0 saturated heterocycles. The fraction of sp³-hybridized carbons (Fsp3) is 0.364. The van der Waals surface area contributed by atoms with Crippen LogP contribution in [0.5, 0.6) is 0 Å². The number of pyridine rings is 1. The second-order valence-electron chi connectivity index (χ2n) is 3.53. The Morgan fingerprint density at radius 3 is 3.07 bits per heavy atom. The summed E-state index contributed by atoms with van der Waals surface area (Å²) in [5, 5.41) is 13.6. The summed E-state index contributed by atoms with van der Waals surface area (Å²) >= 11 is 3.38. The smallest absolute Gasteiger partial charge is 0.147 e. The van der Waals surface area contributed by atoms with Gasteiger partial charge in [0.25, 0.3) is 0 Å². The largest absolute Gasteiger partial charge is 0.370 e. The van der Waals surface area contributed by atoms with Gasteiger partial charge in [0, 0.05) is 11.5 Å². The fourth-order valence-electron chi connectivity index (χ4n) is 1.61. The normalized spacial score (nSPS) is 19.1. The molecule has 0 aromatic carbocycles. The molecule has 0 aliphatic carbocycles. The van der Waals surface area contributed by atoms with Crippen molar-refractivity contribution in [3.63, 3.8) is 0 Å². The summed E-state index contributed by atoms with van der Waals surface area (Å²) in [5.74, 6) is 0. The van der Waals surface area contributed by atoms with E-state index in [1.165, 1.54) is 0 Å². The standard InChI is InChI=1S/C11H13BrN2O/c1-2-8-4-9-10(14-11(8)15)3-7(5-12)6-13-9/h3-4,6,11,14-15H,2,5H2,1H3. The molecule has 0 amide bonds. The van der Waals surface area contributed by atoms with Crippen LogP contribution >= 0.6 is 15.9 Å². The predicted molar refractivity (Wildman–Crippen MR) is 64.8 cm³/mol. The molecule has 0 spiro atoms. The Morgan fingerprint density at radius 2 is 2.40 bits per heavy atom. The third kappa shape index (κ3) is 2.06. The molecule has 1 aromatic rings. The van der Waals surface area contributed by atoms with Crippen molar-refractivity contribution in [1.82, 2.24) is 4.98 Å². The first-order chi connectivity index (χ1) is 7.24. The summed E-state index contributed by atoms with van der Waals surface area (Å²) in [6.07, 6.45) is 4.05. The molecule has 0 fully saturated rings. The number of hydrogen-bond donors (Lipinski definition) is 2. The van der Waals surface area contributed by atoms with Gasteiger partial charge in [0.2, 0.25) is 0 Å². The van der Waals surface area contributed by atoms with Crippen molar-refractivity contribution in [2.24, 2.45) is 0 Å². The lowest BCUT2D eigenvalue weighted by Crippen LogP contribution is -2.24. The molecule has 80 valence electrons. The van der Waals surface area contributed by atoms with E-state index in [1.807, 2.05) is 25.3 Å². The van der Waals surface area contributed by atoms with Crippen LogP contribution in [0, 0.1) is 0 Å². The van der Waals surface area contributed by atoms with E-state index in [2.05, 4.69) is 26.2 Å². The first kappa shape index (κ1) is 10.6. The highest BCUT2D eigenvalue weighted by Crippen LogP contribution is 2.27. The van der Waals surface area contributed by atoms with Crippen LogP contribution in [0.25, 0.3) is 6.08 Å². The Morgan fingerprint density at radius 1 is 1.60 bits per heavy atom.